The van der Waals surface area contributed by atoms with E-state index in [0.717, 1.165) is 32.1 Å². The summed E-state index contributed by atoms with van der Waals surface area (Å²) in [6.45, 7) is 3.97. The zero-order valence-electron chi connectivity index (χ0n) is 9.27. The standard InChI is InChI=1S/C12H20O2/c1-3-5-6-7-11(14)12(8-9-12)10(13)4-2/h3-9H2,1-2H3. The van der Waals surface area contributed by atoms with Crippen LogP contribution < -0.4 is 0 Å². The van der Waals surface area contributed by atoms with Crippen LogP contribution in [-0.4, -0.2) is 11.6 Å². The van der Waals surface area contributed by atoms with Crippen LogP contribution in [0.4, 0.5) is 0 Å². The molecule has 0 aromatic carbocycles. The number of Topliss-reactive ketones (excluding diaryl/α,β-unsaturated/α-hetero) is 2. The summed E-state index contributed by atoms with van der Waals surface area (Å²) in [5.74, 6) is 0.372. The third-order valence-corrected chi connectivity index (χ3v) is 3.15. The molecule has 1 saturated carbocycles. The summed E-state index contributed by atoms with van der Waals surface area (Å²) in [5, 5.41) is 0. The van der Waals surface area contributed by atoms with Crippen molar-refractivity contribution in [1.29, 1.82) is 0 Å². The highest BCUT2D eigenvalue weighted by molar-refractivity contribution is 6.09. The van der Waals surface area contributed by atoms with Crippen LogP contribution >= 0.6 is 0 Å². The Bertz CT molecular complexity index is 226. The van der Waals surface area contributed by atoms with Crippen LogP contribution in [0.25, 0.3) is 0 Å². The van der Waals surface area contributed by atoms with E-state index in [-0.39, 0.29) is 11.6 Å². The smallest absolute Gasteiger partial charge is 0.146 e. The van der Waals surface area contributed by atoms with Crippen molar-refractivity contribution in [1.82, 2.24) is 0 Å². The van der Waals surface area contributed by atoms with Crippen LogP contribution in [0.15, 0.2) is 0 Å². The van der Waals surface area contributed by atoms with Gasteiger partial charge in [-0.25, -0.2) is 0 Å². The monoisotopic (exact) mass is 196 g/mol. The van der Waals surface area contributed by atoms with Gasteiger partial charge in [0.2, 0.25) is 0 Å². The average Bonchev–Trinajstić information content (AvgIpc) is 2.98. The second-order valence-corrected chi connectivity index (χ2v) is 4.24. The number of hydrogen-bond donors (Lipinski definition) is 0. The van der Waals surface area contributed by atoms with Crippen LogP contribution in [-0.2, 0) is 9.59 Å². The van der Waals surface area contributed by atoms with Crippen molar-refractivity contribution in [3.05, 3.63) is 0 Å². The highest BCUT2D eigenvalue weighted by Gasteiger charge is 2.53. The molecular formula is C12H20O2. The molecule has 0 N–H and O–H groups in total. The van der Waals surface area contributed by atoms with Gasteiger partial charge in [-0.1, -0.05) is 26.7 Å². The molecule has 0 aromatic rings. The Kier molecular flexibility index (Phi) is 3.85. The number of unbranched alkanes of at least 4 members (excludes halogenated alkanes) is 2. The lowest BCUT2D eigenvalue weighted by molar-refractivity contribution is -0.134. The number of carbonyl (C=O) groups is 2. The molecule has 2 nitrogen and oxygen atoms in total. The molecule has 1 aliphatic rings. The van der Waals surface area contributed by atoms with Gasteiger partial charge in [0.05, 0.1) is 5.41 Å². The normalized spacial score (nSPS) is 17.9. The van der Waals surface area contributed by atoms with E-state index in [9.17, 15) is 9.59 Å². The van der Waals surface area contributed by atoms with E-state index in [4.69, 9.17) is 0 Å². The fourth-order valence-electron chi connectivity index (χ4n) is 1.95. The SMILES string of the molecule is CCCCCC(=O)C1(C(=O)CC)CC1. The lowest BCUT2D eigenvalue weighted by Gasteiger charge is -2.10. The number of carbonyl (C=O) groups excluding carboxylic acids is 2. The first-order chi connectivity index (χ1) is 6.67. The van der Waals surface area contributed by atoms with Gasteiger partial charge in [-0.15, -0.1) is 0 Å². The molecule has 2 heteroatoms. The van der Waals surface area contributed by atoms with Crippen molar-refractivity contribution in [3.63, 3.8) is 0 Å². The van der Waals surface area contributed by atoms with E-state index in [1.165, 1.54) is 0 Å². The van der Waals surface area contributed by atoms with E-state index >= 15 is 0 Å². The van der Waals surface area contributed by atoms with Gasteiger partial charge in [-0.3, -0.25) is 9.59 Å². The molecule has 80 valence electrons. The van der Waals surface area contributed by atoms with E-state index in [2.05, 4.69) is 6.92 Å². The molecule has 1 rings (SSSR count). The zero-order chi connectivity index (χ0) is 10.6. The lowest BCUT2D eigenvalue weighted by Crippen LogP contribution is -2.25. The second kappa shape index (κ2) is 4.72. The van der Waals surface area contributed by atoms with Crippen LogP contribution in [0.1, 0.15) is 58.8 Å². The average molecular weight is 196 g/mol. The largest absolute Gasteiger partial charge is 0.299 e. The van der Waals surface area contributed by atoms with Crippen molar-refractivity contribution in [2.75, 3.05) is 0 Å². The quantitative estimate of drug-likeness (QED) is 0.463. The van der Waals surface area contributed by atoms with Gasteiger partial charge in [0.25, 0.3) is 0 Å². The van der Waals surface area contributed by atoms with Gasteiger partial charge in [0, 0.05) is 12.8 Å². The summed E-state index contributed by atoms with van der Waals surface area (Å²) in [7, 11) is 0. The fourth-order valence-corrected chi connectivity index (χ4v) is 1.95. The van der Waals surface area contributed by atoms with Gasteiger partial charge in [-0.2, -0.15) is 0 Å². The number of rotatable bonds is 7. The molecule has 0 aliphatic heterocycles. The summed E-state index contributed by atoms with van der Waals surface area (Å²) in [4.78, 5) is 23.3. The first-order valence-corrected chi connectivity index (χ1v) is 5.74. The highest BCUT2D eigenvalue weighted by atomic mass is 16.2. The minimum Gasteiger partial charge on any atom is -0.299 e. The molecular weight excluding hydrogens is 176 g/mol. The minimum absolute atomic E-state index is 0.166. The van der Waals surface area contributed by atoms with Gasteiger partial charge in [0.15, 0.2) is 0 Å². The van der Waals surface area contributed by atoms with E-state index in [1.807, 2.05) is 6.92 Å². The van der Waals surface area contributed by atoms with E-state index in [1.54, 1.807) is 0 Å². The Balaban J connectivity index is 2.40. The first-order valence-electron chi connectivity index (χ1n) is 5.74. The van der Waals surface area contributed by atoms with Gasteiger partial charge in [-0.05, 0) is 19.3 Å². The predicted octanol–water partition coefficient (Wildman–Crippen LogP) is 2.90. The Labute approximate surface area is 86.1 Å². The van der Waals surface area contributed by atoms with Crippen LogP contribution in [0.5, 0.6) is 0 Å². The Morgan fingerprint density at radius 1 is 1.07 bits per heavy atom. The van der Waals surface area contributed by atoms with Gasteiger partial charge >= 0.3 is 0 Å². The fraction of sp³-hybridized carbons (Fsp3) is 0.833. The minimum atomic E-state index is -0.511. The maximum Gasteiger partial charge on any atom is 0.146 e. The van der Waals surface area contributed by atoms with E-state index < -0.39 is 5.41 Å². The lowest BCUT2D eigenvalue weighted by atomic mass is 9.90. The van der Waals surface area contributed by atoms with Crippen molar-refractivity contribution in [2.24, 2.45) is 5.41 Å². The summed E-state index contributed by atoms with van der Waals surface area (Å²) in [5.41, 5.74) is -0.511. The third kappa shape index (κ3) is 2.23. The summed E-state index contributed by atoms with van der Waals surface area (Å²) in [6.07, 6.45) is 5.92. The molecule has 0 heterocycles. The zero-order valence-corrected chi connectivity index (χ0v) is 9.27. The van der Waals surface area contributed by atoms with Crippen molar-refractivity contribution in [2.45, 2.75) is 58.8 Å². The molecule has 14 heavy (non-hydrogen) atoms. The number of ketones is 2. The molecule has 1 fully saturated rings. The molecule has 0 atom stereocenters. The maximum atomic E-state index is 11.8. The Morgan fingerprint density at radius 3 is 2.14 bits per heavy atom. The Hall–Kier alpha value is -0.660. The molecule has 0 aromatic heterocycles. The second-order valence-electron chi connectivity index (χ2n) is 4.24. The molecule has 1 aliphatic carbocycles. The molecule has 0 amide bonds. The van der Waals surface area contributed by atoms with Crippen molar-refractivity contribution in [3.8, 4) is 0 Å². The van der Waals surface area contributed by atoms with Gasteiger partial charge < -0.3 is 0 Å². The van der Waals surface area contributed by atoms with E-state index in [0.29, 0.717) is 12.8 Å². The Morgan fingerprint density at radius 2 is 1.71 bits per heavy atom. The van der Waals surface area contributed by atoms with Gasteiger partial charge in [0.1, 0.15) is 11.6 Å². The highest BCUT2D eigenvalue weighted by Crippen LogP contribution is 2.49. The number of hydrogen-bond acceptors (Lipinski definition) is 2. The molecule has 0 unspecified atom stereocenters. The third-order valence-electron chi connectivity index (χ3n) is 3.15. The predicted molar refractivity (Wildman–Crippen MR) is 56.1 cm³/mol. The first kappa shape index (κ1) is 11.4. The van der Waals surface area contributed by atoms with Crippen molar-refractivity contribution >= 4 is 11.6 Å². The van der Waals surface area contributed by atoms with Crippen molar-refractivity contribution < 1.29 is 9.59 Å². The summed E-state index contributed by atoms with van der Waals surface area (Å²) >= 11 is 0. The molecule has 0 saturated heterocycles. The maximum absolute atomic E-state index is 11.8. The van der Waals surface area contributed by atoms with Crippen LogP contribution in [0, 0.1) is 5.41 Å². The summed E-state index contributed by atoms with van der Waals surface area (Å²) < 4.78 is 0. The van der Waals surface area contributed by atoms with Crippen LogP contribution in [0.3, 0.4) is 0 Å². The topological polar surface area (TPSA) is 34.1 Å². The molecule has 0 radical (unpaired) electrons. The summed E-state index contributed by atoms with van der Waals surface area (Å²) in [6, 6.07) is 0. The van der Waals surface area contributed by atoms with Crippen LogP contribution in [0.2, 0.25) is 0 Å². The molecule has 0 bridgehead atoms. The molecule has 0 spiro atoms.